The first-order valence-electron chi connectivity index (χ1n) is 19.6. The SMILES string of the molecule is C.CC(C)(C)N.CC(C)(C)N1CCCC1C#N.CC(C)(C)N1CCCCC1C#N.CN1CCN(C(C)(C)C)CC1.CN1CCN(C(C)(C)C)CC1.[CH3-]. The molecule has 0 aromatic heterocycles. The van der Waals surface area contributed by atoms with Crippen LogP contribution in [0.1, 0.15) is 143 Å². The van der Waals surface area contributed by atoms with Crippen molar-refractivity contribution >= 4 is 0 Å². The van der Waals surface area contributed by atoms with E-state index in [0.29, 0.717) is 11.1 Å². The molecule has 0 saturated carbocycles. The predicted octanol–water partition coefficient (Wildman–Crippen LogP) is 7.83. The molecule has 0 spiro atoms. The summed E-state index contributed by atoms with van der Waals surface area (Å²) in [6.45, 7) is 44.6. The van der Waals surface area contributed by atoms with E-state index in [9.17, 15) is 0 Å². The number of hydrogen-bond donors (Lipinski definition) is 1. The summed E-state index contributed by atoms with van der Waals surface area (Å²) in [6.07, 6.45) is 5.73. The molecule has 0 aliphatic carbocycles. The van der Waals surface area contributed by atoms with Crippen LogP contribution >= 0.6 is 0 Å². The molecule has 0 aromatic rings. The van der Waals surface area contributed by atoms with Crippen LogP contribution in [0.3, 0.4) is 0 Å². The summed E-state index contributed by atoms with van der Waals surface area (Å²) in [6, 6.07) is 5.05. The number of rotatable bonds is 0. The van der Waals surface area contributed by atoms with E-state index >= 15 is 0 Å². The zero-order chi connectivity index (χ0) is 39.1. The zero-order valence-corrected chi connectivity index (χ0v) is 37.4. The minimum Gasteiger partial charge on any atom is -0.358 e. The fraction of sp³-hybridized carbons (Fsp3) is 0.930. The van der Waals surface area contributed by atoms with Gasteiger partial charge in [0.05, 0.1) is 24.2 Å². The number of piperidine rings is 1. The molecule has 4 aliphatic heterocycles. The number of hydrogen-bond acceptors (Lipinski definition) is 9. The molecule has 0 aromatic carbocycles. The molecule has 9 heteroatoms. The number of nitrogens with two attached hydrogens (primary N) is 1. The Kier molecular flexibility index (Phi) is 25.7. The average Bonchev–Trinajstić information content (AvgIpc) is 3.47. The van der Waals surface area contributed by atoms with Crippen molar-refractivity contribution in [1.29, 1.82) is 10.5 Å². The van der Waals surface area contributed by atoms with Gasteiger partial charge in [-0.1, -0.05) is 7.43 Å². The van der Waals surface area contributed by atoms with E-state index < -0.39 is 0 Å². The molecular weight excluding hydrogens is 643 g/mol. The summed E-state index contributed by atoms with van der Waals surface area (Å²) in [5.41, 5.74) is 6.40. The normalized spacial score (nSPS) is 23.2. The summed E-state index contributed by atoms with van der Waals surface area (Å²) in [5, 5.41) is 17.7. The first kappa shape index (κ1) is 55.0. The van der Waals surface area contributed by atoms with Crippen LogP contribution in [0.25, 0.3) is 0 Å². The monoisotopic (exact) mass is 735 g/mol. The molecule has 310 valence electrons. The minimum atomic E-state index is 0. The second-order valence-electron chi connectivity index (χ2n) is 19.9. The fourth-order valence-corrected chi connectivity index (χ4v) is 6.53. The second kappa shape index (κ2) is 24.3. The minimum absolute atomic E-state index is 0. The molecule has 0 bridgehead atoms. The highest BCUT2D eigenvalue weighted by molar-refractivity contribution is 5.00. The van der Waals surface area contributed by atoms with Crippen LogP contribution in [0.4, 0.5) is 0 Å². The van der Waals surface area contributed by atoms with Crippen molar-refractivity contribution in [2.24, 2.45) is 5.73 Å². The highest BCUT2D eigenvalue weighted by Gasteiger charge is 2.33. The lowest BCUT2D eigenvalue weighted by molar-refractivity contribution is 0.0734. The van der Waals surface area contributed by atoms with E-state index in [4.69, 9.17) is 16.3 Å². The van der Waals surface area contributed by atoms with Crippen molar-refractivity contribution in [3.05, 3.63) is 7.43 Å². The molecule has 0 amide bonds. The van der Waals surface area contributed by atoms with Crippen LogP contribution in [0.15, 0.2) is 0 Å². The van der Waals surface area contributed by atoms with Crippen molar-refractivity contribution in [3.63, 3.8) is 0 Å². The first-order valence-corrected chi connectivity index (χ1v) is 19.6. The van der Waals surface area contributed by atoms with E-state index in [2.05, 4.69) is 139 Å². The topological polar surface area (TPSA) is 93.0 Å². The molecule has 2 unspecified atom stereocenters. The third-order valence-electron chi connectivity index (χ3n) is 9.68. The van der Waals surface area contributed by atoms with E-state index in [1.54, 1.807) is 0 Å². The third kappa shape index (κ3) is 24.2. The van der Waals surface area contributed by atoms with Crippen LogP contribution in [0.5, 0.6) is 0 Å². The van der Waals surface area contributed by atoms with Crippen LogP contribution in [0.2, 0.25) is 0 Å². The van der Waals surface area contributed by atoms with Gasteiger partial charge in [0, 0.05) is 86.6 Å². The first-order chi connectivity index (χ1) is 22.6. The maximum absolute atomic E-state index is 8.93. The number of likely N-dealkylation sites (tertiary alicyclic amines) is 2. The molecule has 4 aliphatic rings. The Balaban J connectivity index is -0.000000583. The Hall–Kier alpha value is -1.30. The van der Waals surface area contributed by atoms with E-state index in [0.717, 1.165) is 25.9 Å². The van der Waals surface area contributed by atoms with E-state index in [-0.39, 0.29) is 43.6 Å². The van der Waals surface area contributed by atoms with Gasteiger partial charge in [-0.3, -0.25) is 19.6 Å². The quantitative estimate of drug-likeness (QED) is 0.250. The van der Waals surface area contributed by atoms with Gasteiger partial charge in [-0.15, -0.1) is 0 Å². The fourth-order valence-electron chi connectivity index (χ4n) is 6.53. The Morgan fingerprint density at radius 2 is 0.731 bits per heavy atom. The maximum Gasteiger partial charge on any atom is 0.0982 e. The molecule has 0 radical (unpaired) electrons. The number of nitrogens with zero attached hydrogens (tertiary/aromatic N) is 8. The molecule has 4 saturated heterocycles. The van der Waals surface area contributed by atoms with Gasteiger partial charge in [-0.25, -0.2) is 0 Å². The molecule has 4 fully saturated rings. The molecule has 52 heavy (non-hydrogen) atoms. The molecular formula is C43H92N9-. The molecule has 9 nitrogen and oxygen atoms in total. The van der Waals surface area contributed by atoms with Crippen molar-refractivity contribution in [2.45, 2.75) is 183 Å². The summed E-state index contributed by atoms with van der Waals surface area (Å²) in [7, 11) is 4.39. The Labute approximate surface area is 327 Å². The summed E-state index contributed by atoms with van der Waals surface area (Å²) >= 11 is 0. The van der Waals surface area contributed by atoms with Gasteiger partial charge < -0.3 is 23.0 Å². The Morgan fingerprint density at radius 3 is 0.962 bits per heavy atom. The third-order valence-corrected chi connectivity index (χ3v) is 9.68. The van der Waals surface area contributed by atoms with Crippen LogP contribution in [-0.4, -0.2) is 149 Å². The standard InChI is InChI=1S/C10H18N2.2C9H20N2.C9H16N2.C4H11N.CH4.CH3/c1-10(2,3)12-7-5-4-6-9(12)8-11;2*1-9(2,3)11-7-5-10(4)6-8-11;1-9(2,3)11-6-4-5-8(11)7-10;1-4(2,3)5;;/h9H,4-7H2,1-3H3;2*5-8H2,1-4H3;8H,4-6H2,1-3H3;5H2,1-3H3;1H4;1H3/q;;;;;;-1. The molecule has 2 atom stereocenters. The van der Waals surface area contributed by atoms with E-state index in [1.165, 1.54) is 71.6 Å². The second-order valence-corrected chi connectivity index (χ2v) is 19.9. The van der Waals surface area contributed by atoms with Gasteiger partial charge in [0.25, 0.3) is 0 Å². The number of nitriles is 2. The summed E-state index contributed by atoms with van der Waals surface area (Å²) in [4.78, 5) is 14.5. The van der Waals surface area contributed by atoms with Crippen molar-refractivity contribution in [3.8, 4) is 12.1 Å². The van der Waals surface area contributed by atoms with E-state index in [1.807, 2.05) is 20.8 Å². The Bertz CT molecular complexity index is 941. The van der Waals surface area contributed by atoms with Crippen LogP contribution < -0.4 is 5.73 Å². The van der Waals surface area contributed by atoms with Crippen LogP contribution in [-0.2, 0) is 0 Å². The summed E-state index contributed by atoms with van der Waals surface area (Å²) in [5.74, 6) is 0. The smallest absolute Gasteiger partial charge is 0.0982 e. The highest BCUT2D eigenvalue weighted by Crippen LogP contribution is 2.26. The highest BCUT2D eigenvalue weighted by atomic mass is 15.3. The lowest BCUT2D eigenvalue weighted by Gasteiger charge is -2.41. The zero-order valence-electron chi connectivity index (χ0n) is 37.4. The van der Waals surface area contributed by atoms with Gasteiger partial charge in [0.15, 0.2) is 0 Å². The lowest BCUT2D eigenvalue weighted by Crippen LogP contribution is -2.52. The largest absolute Gasteiger partial charge is 0.358 e. The molecule has 4 rings (SSSR count). The number of likely N-dealkylation sites (N-methyl/N-ethyl adjacent to an activating group) is 2. The van der Waals surface area contributed by atoms with Gasteiger partial charge in [0.2, 0.25) is 0 Å². The van der Waals surface area contributed by atoms with Crippen molar-refractivity contribution in [2.75, 3.05) is 79.5 Å². The maximum atomic E-state index is 8.93. The average molecular weight is 735 g/mol. The summed E-state index contributed by atoms with van der Waals surface area (Å²) < 4.78 is 0. The van der Waals surface area contributed by atoms with Gasteiger partial charge in [-0.05, 0) is 157 Å². The van der Waals surface area contributed by atoms with Gasteiger partial charge >= 0.3 is 0 Å². The van der Waals surface area contributed by atoms with Crippen molar-refractivity contribution in [1.82, 2.24) is 29.4 Å². The van der Waals surface area contributed by atoms with Crippen LogP contribution in [0, 0.1) is 30.1 Å². The lowest BCUT2D eigenvalue weighted by atomic mass is 9.95. The van der Waals surface area contributed by atoms with Gasteiger partial charge in [0.1, 0.15) is 0 Å². The Morgan fingerprint density at radius 1 is 0.462 bits per heavy atom. The number of piperazine rings is 2. The van der Waals surface area contributed by atoms with Crippen molar-refractivity contribution < 1.29 is 0 Å². The molecule has 2 N–H and O–H groups in total. The molecule has 4 heterocycles. The predicted molar refractivity (Wildman–Crippen MR) is 230 cm³/mol. The van der Waals surface area contributed by atoms with Gasteiger partial charge in [-0.2, -0.15) is 10.5 Å².